The smallest absolute Gasteiger partial charge is 0.247 e. The first-order valence-electron chi connectivity index (χ1n) is 13.6. The number of anilines is 2. The summed E-state index contributed by atoms with van der Waals surface area (Å²) < 4.78 is 5.59. The molecule has 4 heterocycles. The summed E-state index contributed by atoms with van der Waals surface area (Å²) in [4.78, 5) is 8.54. The molecule has 0 radical (unpaired) electrons. The van der Waals surface area contributed by atoms with Crippen molar-refractivity contribution in [3.05, 3.63) is 66.0 Å². The number of benzene rings is 1. The molecule has 0 spiro atoms. The van der Waals surface area contributed by atoms with E-state index in [0.717, 1.165) is 30.4 Å². The minimum absolute atomic E-state index is 0.507. The van der Waals surface area contributed by atoms with Crippen molar-refractivity contribution in [3.8, 4) is 21.9 Å². The molecule has 6 rings (SSSR count). The average Bonchev–Trinajstić information content (AvgIpc) is 3.63. The largest absolute Gasteiger partial charge is 0.421 e. The molecular formula is C30H35N5OS. The van der Waals surface area contributed by atoms with Crippen molar-refractivity contribution >= 4 is 22.8 Å². The van der Waals surface area contributed by atoms with Crippen molar-refractivity contribution < 1.29 is 4.42 Å². The summed E-state index contributed by atoms with van der Waals surface area (Å²) >= 11 is 1.78. The van der Waals surface area contributed by atoms with Crippen molar-refractivity contribution in [1.82, 2.24) is 15.2 Å². The molecule has 0 bridgehead atoms. The number of aromatic nitrogens is 3. The van der Waals surface area contributed by atoms with Crippen molar-refractivity contribution in [2.24, 2.45) is 11.8 Å². The van der Waals surface area contributed by atoms with E-state index in [1.165, 1.54) is 61.1 Å². The normalized spacial score (nSPS) is 22.2. The van der Waals surface area contributed by atoms with Crippen LogP contribution in [0.3, 0.4) is 0 Å². The maximum Gasteiger partial charge on any atom is 0.247 e. The molecule has 6 nitrogen and oxygen atoms in total. The fraction of sp³-hybridized carbons (Fsp3) is 0.433. The van der Waals surface area contributed by atoms with Gasteiger partial charge in [-0.3, -0.25) is 0 Å². The molecule has 1 N–H and O–H groups in total. The number of thiophene rings is 1. The minimum atomic E-state index is 0.507. The summed E-state index contributed by atoms with van der Waals surface area (Å²) in [5.74, 6) is 3.63. The average molecular weight is 514 g/mol. The van der Waals surface area contributed by atoms with Crippen molar-refractivity contribution in [2.45, 2.75) is 57.9 Å². The second-order valence-electron chi connectivity index (χ2n) is 10.6. The van der Waals surface area contributed by atoms with Gasteiger partial charge in [0.25, 0.3) is 0 Å². The molecule has 1 aromatic carbocycles. The third-order valence-electron chi connectivity index (χ3n) is 7.97. The van der Waals surface area contributed by atoms with Crippen LogP contribution in [0.15, 0.2) is 64.5 Å². The van der Waals surface area contributed by atoms with Gasteiger partial charge in [-0.2, -0.15) is 0 Å². The van der Waals surface area contributed by atoms with Gasteiger partial charge in [0.15, 0.2) is 0 Å². The number of hydrogen-bond acceptors (Lipinski definition) is 7. The monoisotopic (exact) mass is 513 g/mol. The minimum Gasteiger partial charge on any atom is -0.421 e. The molecule has 1 saturated carbocycles. The Kier molecular flexibility index (Phi) is 7.22. The van der Waals surface area contributed by atoms with E-state index < -0.39 is 0 Å². The summed E-state index contributed by atoms with van der Waals surface area (Å²) in [7, 11) is 0. The Morgan fingerprint density at radius 3 is 2.70 bits per heavy atom. The zero-order valence-corrected chi connectivity index (χ0v) is 22.3. The van der Waals surface area contributed by atoms with Crippen LogP contribution in [-0.2, 0) is 0 Å². The van der Waals surface area contributed by atoms with Crippen LogP contribution in [0.4, 0.5) is 11.5 Å². The Hall–Kier alpha value is -3.19. The highest BCUT2D eigenvalue weighted by Crippen LogP contribution is 2.36. The zero-order valence-electron chi connectivity index (χ0n) is 21.5. The number of piperidine rings is 1. The maximum atomic E-state index is 5.59. The number of nitrogens with one attached hydrogen (secondary N) is 1. The molecule has 192 valence electrons. The Balaban J connectivity index is 1.09. The first kappa shape index (κ1) is 24.2. The van der Waals surface area contributed by atoms with E-state index in [4.69, 9.17) is 4.42 Å². The molecular weight excluding hydrogens is 478 g/mol. The van der Waals surface area contributed by atoms with Crippen LogP contribution in [-0.4, -0.2) is 34.3 Å². The number of rotatable bonds is 7. The molecule has 2 fully saturated rings. The third-order valence-corrected chi connectivity index (χ3v) is 8.89. The number of pyridine rings is 1. The molecule has 1 unspecified atom stereocenters. The molecule has 3 aromatic heterocycles. The van der Waals surface area contributed by atoms with E-state index in [1.807, 2.05) is 13.1 Å². The Bertz CT molecular complexity index is 1290. The van der Waals surface area contributed by atoms with Gasteiger partial charge >= 0.3 is 0 Å². The van der Waals surface area contributed by atoms with Crippen LogP contribution in [0, 0.1) is 18.8 Å². The van der Waals surface area contributed by atoms with Gasteiger partial charge in [0.2, 0.25) is 11.8 Å². The van der Waals surface area contributed by atoms with Gasteiger partial charge in [0, 0.05) is 48.4 Å². The number of nitrogens with zero attached hydrogens (tertiary/aromatic N) is 4. The maximum absolute atomic E-state index is 5.59. The van der Waals surface area contributed by atoms with E-state index in [0.29, 0.717) is 23.7 Å². The van der Waals surface area contributed by atoms with Crippen LogP contribution in [0.25, 0.3) is 21.9 Å². The quantitative estimate of drug-likeness (QED) is 0.277. The van der Waals surface area contributed by atoms with Crippen LogP contribution in [0.1, 0.15) is 50.8 Å². The fourth-order valence-corrected chi connectivity index (χ4v) is 6.85. The second-order valence-corrected chi connectivity index (χ2v) is 11.5. The molecule has 3 atom stereocenters. The van der Waals surface area contributed by atoms with Gasteiger partial charge in [-0.05, 0) is 97.3 Å². The van der Waals surface area contributed by atoms with Gasteiger partial charge in [-0.15, -0.1) is 21.5 Å². The molecule has 1 aliphatic carbocycles. The van der Waals surface area contributed by atoms with E-state index in [9.17, 15) is 0 Å². The number of hydrogen-bond donors (Lipinski definition) is 1. The molecule has 1 aliphatic heterocycles. The lowest BCUT2D eigenvalue weighted by molar-refractivity contribution is 0.247. The van der Waals surface area contributed by atoms with Crippen molar-refractivity contribution in [2.75, 3.05) is 23.3 Å². The van der Waals surface area contributed by atoms with Crippen LogP contribution in [0.2, 0.25) is 0 Å². The summed E-state index contributed by atoms with van der Waals surface area (Å²) in [6, 6.07) is 17.7. The van der Waals surface area contributed by atoms with Crippen LogP contribution < -0.4 is 10.2 Å². The van der Waals surface area contributed by atoms with Gasteiger partial charge < -0.3 is 14.6 Å². The van der Waals surface area contributed by atoms with Crippen molar-refractivity contribution in [3.63, 3.8) is 0 Å². The predicted molar refractivity (Wildman–Crippen MR) is 151 cm³/mol. The fourth-order valence-electron chi connectivity index (χ4n) is 6.12. The molecule has 1 saturated heterocycles. The van der Waals surface area contributed by atoms with Crippen LogP contribution >= 0.6 is 11.3 Å². The highest BCUT2D eigenvalue weighted by molar-refractivity contribution is 7.13. The highest BCUT2D eigenvalue weighted by atomic mass is 32.1. The molecule has 2 aliphatic rings. The number of aryl methyl sites for hydroxylation is 1. The third kappa shape index (κ3) is 5.72. The Morgan fingerprint density at radius 1 is 1.00 bits per heavy atom. The Morgan fingerprint density at radius 2 is 1.89 bits per heavy atom. The second kappa shape index (κ2) is 11.1. The van der Waals surface area contributed by atoms with Crippen LogP contribution in [0.5, 0.6) is 0 Å². The standard InChI is InChI=1S/C30H35N5OS/c1-21-33-34-30(36-21)23-10-12-26(13-11-23)35-16-4-6-22(20-35)18-24-7-2-3-8-27(24)32-29-19-25(14-15-31-29)28-9-5-17-37-28/h5,9-15,17,19,22,24,27H,2-4,6-8,16,18,20H2,1H3,(H,31,32)/t22?,24-,27+/m0/s1. The first-order valence-corrected chi connectivity index (χ1v) is 14.5. The highest BCUT2D eigenvalue weighted by Gasteiger charge is 2.30. The van der Waals surface area contributed by atoms with Crippen molar-refractivity contribution in [1.29, 1.82) is 0 Å². The summed E-state index contributed by atoms with van der Waals surface area (Å²) in [6.45, 7) is 4.08. The molecule has 0 amide bonds. The topological polar surface area (TPSA) is 67.1 Å². The zero-order chi connectivity index (χ0) is 25.0. The molecule has 37 heavy (non-hydrogen) atoms. The summed E-state index contributed by atoms with van der Waals surface area (Å²) in [5, 5.41) is 14.1. The van der Waals surface area contributed by atoms with E-state index >= 15 is 0 Å². The van der Waals surface area contributed by atoms with Gasteiger partial charge in [0.05, 0.1) is 0 Å². The first-order chi connectivity index (χ1) is 18.2. The van der Waals surface area contributed by atoms with Gasteiger partial charge in [0.1, 0.15) is 5.82 Å². The Labute approximate surface area is 223 Å². The lowest BCUT2D eigenvalue weighted by Crippen LogP contribution is -2.39. The van der Waals surface area contributed by atoms with Gasteiger partial charge in [-0.25, -0.2) is 4.98 Å². The van der Waals surface area contributed by atoms with E-state index in [1.54, 1.807) is 11.3 Å². The summed E-state index contributed by atoms with van der Waals surface area (Å²) in [6.07, 6.45) is 11.0. The van der Waals surface area contributed by atoms with E-state index in [-0.39, 0.29) is 0 Å². The van der Waals surface area contributed by atoms with E-state index in [2.05, 4.69) is 79.3 Å². The SMILES string of the molecule is Cc1nnc(-c2ccc(N3CCCC(C[C@@H]4CCCC[C@H]4Nc4cc(-c5cccs5)ccn4)C3)cc2)o1. The lowest BCUT2D eigenvalue weighted by Gasteiger charge is -2.39. The van der Waals surface area contributed by atoms with Gasteiger partial charge in [-0.1, -0.05) is 18.9 Å². The lowest BCUT2D eigenvalue weighted by atomic mass is 9.77. The predicted octanol–water partition coefficient (Wildman–Crippen LogP) is 7.45. The molecule has 4 aromatic rings. The summed E-state index contributed by atoms with van der Waals surface area (Å²) in [5.41, 5.74) is 3.52. The molecule has 7 heteroatoms.